The highest BCUT2D eigenvalue weighted by Crippen LogP contribution is 2.06. The molecule has 2 aromatic carbocycles. The van der Waals surface area contributed by atoms with E-state index in [0.29, 0.717) is 13.0 Å². The normalized spacial score (nSPS) is 12.6. The quantitative estimate of drug-likeness (QED) is 0.0354. The first kappa shape index (κ1) is 42.7. The van der Waals surface area contributed by atoms with Crippen molar-refractivity contribution in [1.82, 2.24) is 26.6 Å². The lowest BCUT2D eigenvalue weighted by Gasteiger charge is -2.25. The largest absolute Gasteiger partial charge is 0.449 e. The number of nitrogens with two attached hydrogens (primary N) is 1. The Kier molecular flexibility index (Phi) is 21.2. The monoisotopic (exact) mass is 702 g/mol. The molecule has 8 N–H and O–H groups in total. The number of nitrogens with one attached hydrogen (secondary N) is 5. The van der Waals surface area contributed by atoms with Gasteiger partial charge in [-0.1, -0.05) is 74.5 Å². The third-order valence-corrected chi connectivity index (χ3v) is 6.59. The van der Waals surface area contributed by atoms with Gasteiger partial charge in [0.2, 0.25) is 11.8 Å². The zero-order chi connectivity index (χ0) is 37.3. The van der Waals surface area contributed by atoms with Crippen molar-refractivity contribution in [2.45, 2.75) is 64.8 Å². The second kappa shape index (κ2) is 24.8. The van der Waals surface area contributed by atoms with E-state index in [1.165, 1.54) is 12.5 Å². The van der Waals surface area contributed by atoms with Gasteiger partial charge in [0.05, 0.1) is 19.3 Å². The molecule has 3 atom stereocenters. The second-order valence-corrected chi connectivity index (χ2v) is 11.4. The predicted octanol–water partition coefficient (Wildman–Crippen LogP) is 0.787. The van der Waals surface area contributed by atoms with Crippen molar-refractivity contribution in [3.63, 3.8) is 0 Å². The standard InChI is InChI=1S/C25H40N8O8.C8H10O/c1-16(2)15-41-25(38)29-14-20(34)30-17(3)22(36)31-19(10-7-12-28-24(26)32-33(39)40)21(35)23(37)27-13-11-18-8-5-4-6-9-18;1-9-7-8-5-3-2-4-6-8/h4-6,8-9,16-17,19,21,35H,7,10-15H2,1-3H3,(H,27,37)(H,29,38)(H,30,34)(H,31,36)(H3,26,28,32);2-6H,7H2,1H3/t17-,19?,21?;/m0./s1. The summed E-state index contributed by atoms with van der Waals surface area (Å²) in [6.07, 6.45) is -1.58. The average Bonchev–Trinajstić information content (AvgIpc) is 3.08. The molecule has 0 heterocycles. The number of guanidine groups is 1. The van der Waals surface area contributed by atoms with E-state index >= 15 is 0 Å². The van der Waals surface area contributed by atoms with Gasteiger partial charge < -0.3 is 46.9 Å². The van der Waals surface area contributed by atoms with Crippen molar-refractivity contribution in [2.75, 3.05) is 33.4 Å². The molecule has 0 radical (unpaired) electrons. The predicted molar refractivity (Wildman–Crippen MR) is 186 cm³/mol. The molecule has 276 valence electrons. The molecule has 0 spiro atoms. The number of nitro groups is 1. The number of benzene rings is 2. The molecule has 4 amide bonds. The van der Waals surface area contributed by atoms with Crippen molar-refractivity contribution in [3.05, 3.63) is 81.9 Å². The summed E-state index contributed by atoms with van der Waals surface area (Å²) < 4.78 is 9.84. The minimum Gasteiger partial charge on any atom is -0.449 e. The van der Waals surface area contributed by atoms with Gasteiger partial charge in [-0.3, -0.25) is 14.4 Å². The Bertz CT molecular complexity index is 1350. The van der Waals surface area contributed by atoms with E-state index < -0.39 is 59.5 Å². The lowest BCUT2D eigenvalue weighted by Crippen LogP contribution is -2.55. The zero-order valence-corrected chi connectivity index (χ0v) is 28.9. The van der Waals surface area contributed by atoms with Gasteiger partial charge in [0, 0.05) is 20.2 Å². The third-order valence-electron chi connectivity index (χ3n) is 6.59. The molecule has 0 aliphatic heterocycles. The number of hydrogen-bond acceptors (Lipinski definition) is 9. The first-order chi connectivity index (χ1) is 23.8. The fraction of sp³-hybridized carbons (Fsp3) is 0.485. The SMILES string of the molecule is CC(C)COC(=O)NCC(=O)N[C@@H](C)C(=O)NC(CCCN/C(N)=N\[N+](=O)[O-])C(O)C(=O)NCCc1ccccc1.COCc1ccccc1. The summed E-state index contributed by atoms with van der Waals surface area (Å²) in [6, 6.07) is 17.3. The van der Waals surface area contributed by atoms with Crippen LogP contribution in [0.2, 0.25) is 0 Å². The molecule has 17 nitrogen and oxygen atoms in total. The molecule has 17 heteroatoms. The molecule has 0 bridgehead atoms. The van der Waals surface area contributed by atoms with E-state index in [1.54, 1.807) is 7.11 Å². The van der Waals surface area contributed by atoms with Crippen molar-refractivity contribution in [2.24, 2.45) is 16.8 Å². The van der Waals surface area contributed by atoms with Gasteiger partial charge in [-0.2, -0.15) is 0 Å². The van der Waals surface area contributed by atoms with Crippen molar-refractivity contribution in [3.8, 4) is 0 Å². The van der Waals surface area contributed by atoms with Crippen LogP contribution in [0, 0.1) is 16.0 Å². The topological polar surface area (TPSA) is 249 Å². The number of carbonyl (C=O) groups excluding carboxylic acids is 4. The van der Waals surface area contributed by atoms with Crippen LogP contribution in [0.25, 0.3) is 0 Å². The summed E-state index contributed by atoms with van der Waals surface area (Å²) in [5.74, 6) is -2.36. The fourth-order valence-electron chi connectivity index (χ4n) is 4.09. The molecular weight excluding hydrogens is 652 g/mol. The van der Waals surface area contributed by atoms with Crippen molar-refractivity contribution < 1.29 is 38.8 Å². The number of aliphatic hydroxyl groups excluding tert-OH is 1. The Morgan fingerprint density at radius 1 is 0.900 bits per heavy atom. The molecule has 0 fully saturated rings. The molecule has 2 rings (SSSR count). The van der Waals surface area contributed by atoms with Crippen molar-refractivity contribution >= 4 is 29.8 Å². The van der Waals surface area contributed by atoms with Gasteiger partial charge >= 0.3 is 6.09 Å². The zero-order valence-electron chi connectivity index (χ0n) is 28.9. The highest BCUT2D eigenvalue weighted by Gasteiger charge is 2.29. The number of amides is 4. The van der Waals surface area contributed by atoms with E-state index in [-0.39, 0.29) is 38.5 Å². The first-order valence-corrected chi connectivity index (χ1v) is 16.1. The van der Waals surface area contributed by atoms with Crippen LogP contribution >= 0.6 is 0 Å². The van der Waals surface area contributed by atoms with Crippen LogP contribution in [0.5, 0.6) is 0 Å². The van der Waals surface area contributed by atoms with Crippen LogP contribution in [-0.4, -0.2) is 91.5 Å². The second-order valence-electron chi connectivity index (χ2n) is 11.4. The molecule has 0 aliphatic carbocycles. The maximum absolute atomic E-state index is 12.8. The Labute approximate surface area is 291 Å². The summed E-state index contributed by atoms with van der Waals surface area (Å²) in [5, 5.41) is 35.5. The Hall–Kier alpha value is -5.29. The number of ether oxygens (including phenoxy) is 2. The van der Waals surface area contributed by atoms with Crippen LogP contribution in [-0.2, 0) is 36.9 Å². The number of nitrogens with zero attached hydrogens (tertiary/aromatic N) is 2. The van der Waals surface area contributed by atoms with E-state index in [9.17, 15) is 34.4 Å². The van der Waals surface area contributed by atoms with Gasteiger partial charge in [0.1, 0.15) is 17.7 Å². The minimum absolute atomic E-state index is 0.0711. The van der Waals surface area contributed by atoms with E-state index in [2.05, 4.69) is 31.7 Å². The van der Waals surface area contributed by atoms with Gasteiger partial charge in [-0.15, -0.1) is 0 Å². The maximum Gasteiger partial charge on any atom is 0.407 e. The minimum atomic E-state index is -1.64. The Morgan fingerprint density at radius 3 is 2.10 bits per heavy atom. The van der Waals surface area contributed by atoms with Gasteiger partial charge in [0.25, 0.3) is 11.9 Å². The highest BCUT2D eigenvalue weighted by molar-refractivity contribution is 5.90. The maximum atomic E-state index is 12.8. The lowest BCUT2D eigenvalue weighted by molar-refractivity contribution is -0.485. The number of aliphatic hydroxyl groups is 1. The molecule has 0 aliphatic rings. The van der Waals surface area contributed by atoms with E-state index in [0.717, 1.165) is 5.56 Å². The van der Waals surface area contributed by atoms with Crippen LogP contribution in [0.3, 0.4) is 0 Å². The molecule has 2 aromatic rings. The van der Waals surface area contributed by atoms with Crippen LogP contribution in [0.1, 0.15) is 44.7 Å². The number of hydrogen-bond donors (Lipinski definition) is 7. The van der Waals surface area contributed by atoms with E-state index in [1.807, 2.05) is 74.5 Å². The molecule has 0 saturated heterocycles. The number of hydrazone groups is 1. The summed E-state index contributed by atoms with van der Waals surface area (Å²) in [5.41, 5.74) is 7.59. The first-order valence-electron chi connectivity index (χ1n) is 16.1. The summed E-state index contributed by atoms with van der Waals surface area (Å²) in [6.45, 7) is 5.91. The summed E-state index contributed by atoms with van der Waals surface area (Å²) in [4.78, 5) is 59.6. The summed E-state index contributed by atoms with van der Waals surface area (Å²) >= 11 is 0. The van der Waals surface area contributed by atoms with Gasteiger partial charge in [-0.25, -0.2) is 14.9 Å². The average molecular weight is 703 g/mol. The molecular formula is C33H50N8O9. The number of carbonyl (C=O) groups is 4. The number of methoxy groups -OCH3 is 1. The fourth-order valence-corrected chi connectivity index (χ4v) is 4.09. The summed E-state index contributed by atoms with van der Waals surface area (Å²) in [7, 11) is 1.70. The number of alkyl carbamates (subject to hydrolysis) is 1. The molecule has 50 heavy (non-hydrogen) atoms. The van der Waals surface area contributed by atoms with E-state index in [4.69, 9.17) is 15.2 Å². The molecule has 0 aromatic heterocycles. The van der Waals surface area contributed by atoms with Crippen molar-refractivity contribution in [1.29, 1.82) is 0 Å². The number of rotatable bonds is 19. The van der Waals surface area contributed by atoms with Gasteiger partial charge in [0.15, 0.2) is 11.1 Å². The lowest BCUT2D eigenvalue weighted by atomic mass is 10.0. The Balaban J connectivity index is 0.00000119. The highest BCUT2D eigenvalue weighted by atomic mass is 16.7. The van der Waals surface area contributed by atoms with Crippen LogP contribution in [0.4, 0.5) is 4.79 Å². The van der Waals surface area contributed by atoms with Crippen LogP contribution < -0.4 is 32.3 Å². The van der Waals surface area contributed by atoms with Crippen LogP contribution in [0.15, 0.2) is 65.8 Å². The Morgan fingerprint density at radius 2 is 1.52 bits per heavy atom. The molecule has 2 unspecified atom stereocenters. The smallest absolute Gasteiger partial charge is 0.407 e. The van der Waals surface area contributed by atoms with Gasteiger partial charge in [-0.05, 0) is 43.2 Å². The molecule has 0 saturated carbocycles. The third kappa shape index (κ3) is 20.2.